The summed E-state index contributed by atoms with van der Waals surface area (Å²) in [6, 6.07) is 1.01. The van der Waals surface area contributed by atoms with Crippen LogP contribution in [-0.4, -0.2) is 30.8 Å². The minimum absolute atomic E-state index is 0.0526. The Labute approximate surface area is 115 Å². The summed E-state index contributed by atoms with van der Waals surface area (Å²) in [4.78, 5) is 5.16. The Bertz CT molecular complexity index is 459. The molecule has 1 aromatic heterocycles. The van der Waals surface area contributed by atoms with Gasteiger partial charge in [-0.25, -0.2) is 4.98 Å². The summed E-state index contributed by atoms with van der Waals surface area (Å²) in [5.74, 6) is 0. The Kier molecular flexibility index (Phi) is 4.37. The normalized spacial score (nSPS) is 19.3. The average molecular weight is 289 g/mol. The Morgan fingerprint density at radius 2 is 2.25 bits per heavy atom. The highest BCUT2D eigenvalue weighted by Crippen LogP contribution is 2.33. The van der Waals surface area contributed by atoms with E-state index in [1.165, 1.54) is 0 Å². The van der Waals surface area contributed by atoms with Crippen molar-refractivity contribution in [3.63, 3.8) is 0 Å². The molecule has 7 heteroatoms. The molecule has 0 amide bonds. The van der Waals surface area contributed by atoms with E-state index in [-0.39, 0.29) is 11.8 Å². The number of halogens is 3. The predicted octanol–water partition coefficient (Wildman–Crippen LogP) is 2.69. The number of rotatable bonds is 4. The number of aromatic nitrogens is 1. The fourth-order valence-corrected chi connectivity index (χ4v) is 2.32. The molecule has 0 radical (unpaired) electrons. The monoisotopic (exact) mass is 289 g/mol. The molecule has 1 aliphatic rings. The van der Waals surface area contributed by atoms with Crippen molar-refractivity contribution in [2.45, 2.75) is 32.0 Å². The van der Waals surface area contributed by atoms with Gasteiger partial charge in [0.1, 0.15) is 5.69 Å². The van der Waals surface area contributed by atoms with Crippen LogP contribution in [0.5, 0.6) is 0 Å². The summed E-state index contributed by atoms with van der Waals surface area (Å²) in [6.45, 7) is 3.69. The number of pyridine rings is 1. The van der Waals surface area contributed by atoms with Gasteiger partial charge in [0.05, 0.1) is 23.7 Å². The van der Waals surface area contributed by atoms with Gasteiger partial charge in [-0.05, 0) is 25.8 Å². The summed E-state index contributed by atoms with van der Waals surface area (Å²) in [6.07, 6.45) is -1.44. The van der Waals surface area contributed by atoms with Gasteiger partial charge in [0.2, 0.25) is 0 Å². The van der Waals surface area contributed by atoms with E-state index in [2.05, 4.69) is 4.98 Å². The summed E-state index contributed by atoms with van der Waals surface area (Å²) >= 11 is 0. The minimum atomic E-state index is -4.47. The molecule has 1 atom stereocenters. The topological polar surface area (TPSA) is 51.4 Å². The van der Waals surface area contributed by atoms with Crippen LogP contribution in [0.2, 0.25) is 0 Å². The molecule has 4 nitrogen and oxygen atoms in total. The molecule has 1 unspecified atom stereocenters. The van der Waals surface area contributed by atoms with E-state index in [0.717, 1.165) is 25.1 Å². The second-order valence-electron chi connectivity index (χ2n) is 4.80. The van der Waals surface area contributed by atoms with Gasteiger partial charge in [-0.15, -0.1) is 0 Å². The van der Waals surface area contributed by atoms with Gasteiger partial charge in [-0.2, -0.15) is 13.2 Å². The molecule has 2 N–H and O–H groups in total. The standard InChI is InChI=1S/C13H18F3N3O/c1-2-19(8-9-4-3-5-20-9)11-6-12(13(14,15)16)18-7-10(11)17/h6-7,9H,2-5,8,17H2,1H3. The largest absolute Gasteiger partial charge is 0.433 e. The predicted molar refractivity (Wildman–Crippen MR) is 70.5 cm³/mol. The first kappa shape index (κ1) is 14.9. The molecule has 2 heterocycles. The maximum Gasteiger partial charge on any atom is 0.433 e. The molecule has 0 aliphatic carbocycles. The van der Waals surface area contributed by atoms with Gasteiger partial charge < -0.3 is 15.4 Å². The highest BCUT2D eigenvalue weighted by atomic mass is 19.4. The molecule has 1 fully saturated rings. The van der Waals surface area contributed by atoms with E-state index in [1.807, 2.05) is 11.8 Å². The molecular weight excluding hydrogens is 271 g/mol. The lowest BCUT2D eigenvalue weighted by molar-refractivity contribution is -0.141. The van der Waals surface area contributed by atoms with E-state index in [1.54, 1.807) is 0 Å². The number of nitrogens with zero attached hydrogens (tertiary/aromatic N) is 2. The Morgan fingerprint density at radius 1 is 1.50 bits per heavy atom. The Morgan fingerprint density at radius 3 is 2.80 bits per heavy atom. The van der Waals surface area contributed by atoms with E-state index in [9.17, 15) is 13.2 Å². The lowest BCUT2D eigenvalue weighted by atomic mass is 10.2. The summed E-state index contributed by atoms with van der Waals surface area (Å²) in [7, 11) is 0. The van der Waals surface area contributed by atoms with Crippen LogP contribution in [-0.2, 0) is 10.9 Å². The number of likely N-dealkylation sites (N-methyl/N-ethyl adjacent to an activating group) is 1. The van der Waals surface area contributed by atoms with Crippen molar-refractivity contribution in [2.75, 3.05) is 30.3 Å². The van der Waals surface area contributed by atoms with Crippen LogP contribution in [0.4, 0.5) is 24.5 Å². The molecule has 1 aromatic rings. The van der Waals surface area contributed by atoms with Crippen molar-refractivity contribution in [1.82, 2.24) is 4.98 Å². The molecule has 2 rings (SSSR count). The van der Waals surface area contributed by atoms with Crippen LogP contribution >= 0.6 is 0 Å². The third-order valence-electron chi connectivity index (χ3n) is 3.37. The fourth-order valence-electron chi connectivity index (χ4n) is 2.32. The maximum atomic E-state index is 12.7. The van der Waals surface area contributed by atoms with Crippen LogP contribution in [0, 0.1) is 0 Å². The van der Waals surface area contributed by atoms with Crippen molar-refractivity contribution in [3.8, 4) is 0 Å². The van der Waals surface area contributed by atoms with Gasteiger partial charge in [0.25, 0.3) is 0 Å². The lowest BCUT2D eigenvalue weighted by Gasteiger charge is -2.27. The third-order valence-corrected chi connectivity index (χ3v) is 3.37. The Balaban J connectivity index is 2.23. The first-order chi connectivity index (χ1) is 9.41. The number of nitrogen functional groups attached to an aromatic ring is 1. The van der Waals surface area contributed by atoms with Crippen molar-refractivity contribution in [1.29, 1.82) is 0 Å². The first-order valence-corrected chi connectivity index (χ1v) is 6.61. The smallest absolute Gasteiger partial charge is 0.396 e. The van der Waals surface area contributed by atoms with Crippen molar-refractivity contribution < 1.29 is 17.9 Å². The van der Waals surface area contributed by atoms with Gasteiger partial charge >= 0.3 is 6.18 Å². The van der Waals surface area contributed by atoms with E-state index >= 15 is 0 Å². The number of anilines is 2. The zero-order valence-corrected chi connectivity index (χ0v) is 11.3. The SMILES string of the molecule is CCN(CC1CCCO1)c1cc(C(F)(F)F)ncc1N. The third kappa shape index (κ3) is 3.33. The molecule has 0 spiro atoms. The highest BCUT2D eigenvalue weighted by molar-refractivity contribution is 5.67. The number of hydrogen-bond acceptors (Lipinski definition) is 4. The van der Waals surface area contributed by atoms with Gasteiger partial charge in [-0.1, -0.05) is 0 Å². The molecule has 1 saturated heterocycles. The summed E-state index contributed by atoms with van der Waals surface area (Å²) in [5, 5.41) is 0. The highest BCUT2D eigenvalue weighted by Gasteiger charge is 2.33. The number of alkyl halides is 3. The summed E-state index contributed by atoms with van der Waals surface area (Å²) in [5.41, 5.74) is 5.46. The van der Waals surface area contributed by atoms with Crippen molar-refractivity contribution in [2.24, 2.45) is 0 Å². The van der Waals surface area contributed by atoms with Crippen molar-refractivity contribution >= 4 is 11.4 Å². The molecule has 0 bridgehead atoms. The number of nitrogens with two attached hydrogens (primary N) is 1. The molecule has 20 heavy (non-hydrogen) atoms. The number of ether oxygens (including phenoxy) is 1. The molecule has 0 saturated carbocycles. The van der Waals surface area contributed by atoms with Crippen LogP contribution < -0.4 is 10.6 Å². The second-order valence-corrected chi connectivity index (χ2v) is 4.80. The zero-order chi connectivity index (χ0) is 14.8. The first-order valence-electron chi connectivity index (χ1n) is 6.61. The van der Waals surface area contributed by atoms with Gasteiger partial charge in [0, 0.05) is 19.7 Å². The average Bonchev–Trinajstić information content (AvgIpc) is 2.88. The molecule has 0 aromatic carbocycles. The molecule has 112 valence electrons. The van der Waals surface area contributed by atoms with Crippen LogP contribution in [0.25, 0.3) is 0 Å². The van der Waals surface area contributed by atoms with Crippen molar-refractivity contribution in [3.05, 3.63) is 18.0 Å². The maximum absolute atomic E-state index is 12.7. The zero-order valence-electron chi connectivity index (χ0n) is 11.3. The van der Waals surface area contributed by atoms with Crippen LogP contribution in [0.15, 0.2) is 12.3 Å². The molecule has 1 aliphatic heterocycles. The van der Waals surface area contributed by atoms with Crippen LogP contribution in [0.3, 0.4) is 0 Å². The van der Waals surface area contributed by atoms with E-state index in [0.29, 0.717) is 25.4 Å². The van der Waals surface area contributed by atoms with E-state index < -0.39 is 11.9 Å². The fraction of sp³-hybridized carbons (Fsp3) is 0.615. The second kappa shape index (κ2) is 5.87. The quantitative estimate of drug-likeness (QED) is 0.926. The summed E-state index contributed by atoms with van der Waals surface area (Å²) < 4.78 is 43.7. The molecular formula is C13H18F3N3O. The number of hydrogen-bond donors (Lipinski definition) is 1. The van der Waals surface area contributed by atoms with Gasteiger partial charge in [-0.3, -0.25) is 0 Å². The Hall–Kier alpha value is -1.50. The van der Waals surface area contributed by atoms with E-state index in [4.69, 9.17) is 10.5 Å². The van der Waals surface area contributed by atoms with Crippen LogP contribution in [0.1, 0.15) is 25.5 Å². The lowest BCUT2D eigenvalue weighted by Crippen LogP contribution is -2.33. The van der Waals surface area contributed by atoms with Gasteiger partial charge in [0.15, 0.2) is 0 Å². The minimum Gasteiger partial charge on any atom is -0.396 e.